The third-order valence-corrected chi connectivity index (χ3v) is 8.56. The molecule has 1 amide bonds. The van der Waals surface area contributed by atoms with E-state index in [0.717, 1.165) is 54.4 Å². The van der Waals surface area contributed by atoms with E-state index in [1.54, 1.807) is 24.3 Å². The molecule has 2 aromatic rings. The Hall–Kier alpha value is -1.70. The van der Waals surface area contributed by atoms with Crippen molar-refractivity contribution in [3.63, 3.8) is 0 Å². The predicted octanol–water partition coefficient (Wildman–Crippen LogP) is 4.53. The molecule has 1 fully saturated rings. The quantitative estimate of drug-likeness (QED) is 0.632. The van der Waals surface area contributed by atoms with E-state index in [9.17, 15) is 13.2 Å². The van der Waals surface area contributed by atoms with Crippen LogP contribution in [0.4, 0.5) is 0 Å². The molecule has 0 radical (unpaired) electrons. The van der Waals surface area contributed by atoms with E-state index >= 15 is 0 Å². The van der Waals surface area contributed by atoms with Crippen LogP contribution in [-0.2, 0) is 21.2 Å². The molecule has 2 heterocycles. The Morgan fingerprint density at radius 3 is 2.30 bits per heavy atom. The highest BCUT2D eigenvalue weighted by Crippen LogP contribution is 2.37. The Morgan fingerprint density at radius 1 is 0.933 bits per heavy atom. The lowest BCUT2D eigenvalue weighted by atomic mass is 9.92. The van der Waals surface area contributed by atoms with Crippen molar-refractivity contribution in [2.24, 2.45) is 0 Å². The van der Waals surface area contributed by atoms with Gasteiger partial charge in [-0.2, -0.15) is 4.31 Å². The van der Waals surface area contributed by atoms with Crippen molar-refractivity contribution in [2.45, 2.75) is 49.5 Å². The van der Waals surface area contributed by atoms with E-state index in [1.165, 1.54) is 4.31 Å². The molecule has 7 heteroatoms. The Morgan fingerprint density at radius 2 is 1.60 bits per heavy atom. The summed E-state index contributed by atoms with van der Waals surface area (Å²) in [6.07, 6.45) is 5.19. The van der Waals surface area contributed by atoms with Crippen LogP contribution < -0.4 is 0 Å². The summed E-state index contributed by atoms with van der Waals surface area (Å²) in [7, 11) is -3.71. The second-order valence-corrected chi connectivity index (χ2v) is 10.8. The number of hydrogen-bond donors (Lipinski definition) is 0. The first kappa shape index (κ1) is 21.5. The van der Waals surface area contributed by atoms with Crippen LogP contribution in [0, 0.1) is 0 Å². The zero-order valence-corrected chi connectivity index (χ0v) is 19.4. The molecule has 5 nitrogen and oxygen atoms in total. The Labute approximate surface area is 187 Å². The highest BCUT2D eigenvalue weighted by Gasteiger charge is 2.38. The van der Waals surface area contributed by atoms with E-state index < -0.39 is 16.1 Å². The minimum absolute atomic E-state index is 0.0506. The van der Waals surface area contributed by atoms with Crippen LogP contribution in [0.15, 0.2) is 57.9 Å². The summed E-state index contributed by atoms with van der Waals surface area (Å²) >= 11 is 3.37. The van der Waals surface area contributed by atoms with Crippen molar-refractivity contribution in [1.82, 2.24) is 9.21 Å². The SMILES string of the molecule is O=C(C[C@@H]1c2ccccc2CCN1S(=O)(=O)c1ccc(Br)cc1)N1CCCCCC1. The molecule has 0 unspecified atom stereocenters. The molecule has 160 valence electrons. The number of carbonyl (C=O) groups excluding carboxylic acids is 1. The summed E-state index contributed by atoms with van der Waals surface area (Å²) in [6, 6.07) is 14.2. The molecule has 0 saturated carbocycles. The normalized spacial score (nSPS) is 20.4. The van der Waals surface area contributed by atoms with Crippen molar-refractivity contribution in [3.05, 3.63) is 64.1 Å². The first-order valence-electron chi connectivity index (χ1n) is 10.6. The number of benzene rings is 2. The maximum Gasteiger partial charge on any atom is 0.243 e. The summed E-state index contributed by atoms with van der Waals surface area (Å²) in [6.45, 7) is 1.92. The van der Waals surface area contributed by atoms with Gasteiger partial charge < -0.3 is 4.90 Å². The van der Waals surface area contributed by atoms with Gasteiger partial charge in [-0.15, -0.1) is 0 Å². The number of fused-ring (bicyclic) bond motifs is 1. The number of likely N-dealkylation sites (tertiary alicyclic amines) is 1. The maximum atomic E-state index is 13.5. The first-order valence-corrected chi connectivity index (χ1v) is 12.8. The highest BCUT2D eigenvalue weighted by atomic mass is 79.9. The number of halogens is 1. The molecule has 0 aromatic heterocycles. The Kier molecular flexibility index (Phi) is 6.60. The van der Waals surface area contributed by atoms with E-state index in [0.29, 0.717) is 13.0 Å². The lowest BCUT2D eigenvalue weighted by Gasteiger charge is -2.37. The van der Waals surface area contributed by atoms with Crippen molar-refractivity contribution in [1.29, 1.82) is 0 Å². The molecule has 0 N–H and O–H groups in total. The predicted molar refractivity (Wildman–Crippen MR) is 121 cm³/mol. The van der Waals surface area contributed by atoms with Crippen LogP contribution in [-0.4, -0.2) is 43.2 Å². The molecule has 1 saturated heterocycles. The molecule has 30 heavy (non-hydrogen) atoms. The lowest BCUT2D eigenvalue weighted by Crippen LogP contribution is -2.43. The van der Waals surface area contributed by atoms with Crippen LogP contribution >= 0.6 is 15.9 Å². The monoisotopic (exact) mass is 490 g/mol. The Bertz CT molecular complexity index is 999. The van der Waals surface area contributed by atoms with Gasteiger partial charge in [-0.05, 0) is 54.7 Å². The fourth-order valence-electron chi connectivity index (χ4n) is 4.48. The average molecular weight is 491 g/mol. The lowest BCUT2D eigenvalue weighted by molar-refractivity contribution is -0.132. The molecule has 2 aromatic carbocycles. The van der Waals surface area contributed by atoms with Gasteiger partial charge in [0.1, 0.15) is 0 Å². The van der Waals surface area contributed by atoms with Crippen molar-refractivity contribution >= 4 is 31.9 Å². The number of sulfonamides is 1. The van der Waals surface area contributed by atoms with Gasteiger partial charge in [-0.25, -0.2) is 8.42 Å². The molecular formula is C23H27BrN2O3S. The molecule has 0 spiro atoms. The van der Waals surface area contributed by atoms with Gasteiger partial charge in [-0.3, -0.25) is 4.79 Å². The molecule has 4 rings (SSSR count). The third kappa shape index (κ3) is 4.48. The van der Waals surface area contributed by atoms with E-state index in [1.807, 2.05) is 29.2 Å². The van der Waals surface area contributed by atoms with Gasteiger partial charge in [0.15, 0.2) is 0 Å². The maximum absolute atomic E-state index is 13.5. The number of rotatable bonds is 4. The van der Waals surface area contributed by atoms with Crippen LogP contribution in [0.1, 0.15) is 49.3 Å². The van der Waals surface area contributed by atoms with E-state index in [-0.39, 0.29) is 17.2 Å². The molecule has 0 bridgehead atoms. The van der Waals surface area contributed by atoms with Crippen LogP contribution in [0.3, 0.4) is 0 Å². The average Bonchev–Trinajstić information content (AvgIpc) is 3.04. The molecular weight excluding hydrogens is 464 g/mol. The second-order valence-electron chi connectivity index (χ2n) is 8.03. The topological polar surface area (TPSA) is 57.7 Å². The largest absolute Gasteiger partial charge is 0.343 e. The Balaban J connectivity index is 1.67. The molecule has 1 atom stereocenters. The van der Waals surface area contributed by atoms with Crippen LogP contribution in [0.2, 0.25) is 0 Å². The molecule has 2 aliphatic heterocycles. The van der Waals surface area contributed by atoms with Gasteiger partial charge in [0.25, 0.3) is 0 Å². The summed E-state index contributed by atoms with van der Waals surface area (Å²) in [5.41, 5.74) is 2.08. The number of hydrogen-bond acceptors (Lipinski definition) is 3. The zero-order valence-electron chi connectivity index (χ0n) is 17.0. The smallest absolute Gasteiger partial charge is 0.243 e. The molecule has 2 aliphatic rings. The van der Waals surface area contributed by atoms with Crippen molar-refractivity contribution in [2.75, 3.05) is 19.6 Å². The van der Waals surface area contributed by atoms with Gasteiger partial charge in [0, 0.05) is 30.5 Å². The van der Waals surface area contributed by atoms with E-state index in [2.05, 4.69) is 15.9 Å². The van der Waals surface area contributed by atoms with E-state index in [4.69, 9.17) is 0 Å². The summed E-state index contributed by atoms with van der Waals surface area (Å²) in [4.78, 5) is 15.4. The van der Waals surface area contributed by atoms with Crippen molar-refractivity contribution < 1.29 is 13.2 Å². The van der Waals surface area contributed by atoms with Gasteiger partial charge in [0.2, 0.25) is 15.9 Å². The minimum atomic E-state index is -3.71. The number of amides is 1. The fraction of sp³-hybridized carbons (Fsp3) is 0.435. The second kappa shape index (κ2) is 9.20. The standard InChI is InChI=1S/C23H27BrN2O3S/c24-19-9-11-20(12-10-19)30(28,29)26-16-13-18-7-3-4-8-21(18)22(26)17-23(27)25-14-5-1-2-6-15-25/h3-4,7-12,22H,1-2,5-6,13-17H2/t22-/m1/s1. The van der Waals surface area contributed by atoms with Gasteiger partial charge in [0.05, 0.1) is 10.9 Å². The first-order chi connectivity index (χ1) is 14.5. The highest BCUT2D eigenvalue weighted by molar-refractivity contribution is 9.10. The molecule has 0 aliphatic carbocycles. The van der Waals surface area contributed by atoms with Crippen LogP contribution in [0.5, 0.6) is 0 Å². The summed E-state index contributed by atoms with van der Waals surface area (Å²) in [5.74, 6) is 0.0506. The summed E-state index contributed by atoms with van der Waals surface area (Å²) in [5, 5.41) is 0. The number of carbonyl (C=O) groups is 1. The van der Waals surface area contributed by atoms with Crippen LogP contribution in [0.25, 0.3) is 0 Å². The summed E-state index contributed by atoms with van der Waals surface area (Å²) < 4.78 is 29.4. The van der Waals surface area contributed by atoms with Gasteiger partial charge >= 0.3 is 0 Å². The third-order valence-electron chi connectivity index (χ3n) is 6.11. The fourth-order valence-corrected chi connectivity index (χ4v) is 6.35. The number of nitrogens with zero attached hydrogens (tertiary/aromatic N) is 2. The minimum Gasteiger partial charge on any atom is -0.343 e. The van der Waals surface area contributed by atoms with Gasteiger partial charge in [-0.1, -0.05) is 53.0 Å². The van der Waals surface area contributed by atoms with Crippen molar-refractivity contribution in [3.8, 4) is 0 Å². The zero-order chi connectivity index (χ0) is 21.1.